The number of nitrogens with zero attached hydrogens (tertiary/aromatic N) is 2. The van der Waals surface area contributed by atoms with Gasteiger partial charge in [-0.15, -0.1) is 0 Å². The van der Waals surface area contributed by atoms with Crippen molar-refractivity contribution in [2.45, 2.75) is 26.5 Å². The number of para-hydroxylation sites is 2. The summed E-state index contributed by atoms with van der Waals surface area (Å²) in [5.41, 5.74) is 1.96. The molecule has 0 bridgehead atoms. The quantitative estimate of drug-likeness (QED) is 0.724. The zero-order valence-corrected chi connectivity index (χ0v) is 14.0. The number of aliphatic hydroxyl groups is 1. The largest absolute Gasteiger partial charge is 0.494 e. The van der Waals surface area contributed by atoms with E-state index < -0.39 is 6.10 Å². The van der Waals surface area contributed by atoms with E-state index in [-0.39, 0.29) is 6.61 Å². The summed E-state index contributed by atoms with van der Waals surface area (Å²) in [7, 11) is 0. The topological polar surface area (TPSA) is 56.5 Å². The lowest BCUT2D eigenvalue weighted by molar-refractivity contribution is 0.0929. The molecule has 0 saturated carbocycles. The highest BCUT2D eigenvalue weighted by molar-refractivity contribution is 5.75. The first-order valence-corrected chi connectivity index (χ1v) is 8.13. The second-order valence-corrected chi connectivity index (χ2v) is 5.63. The molecule has 0 amide bonds. The van der Waals surface area contributed by atoms with Crippen LogP contribution in [-0.2, 0) is 6.54 Å². The second-order valence-electron chi connectivity index (χ2n) is 5.63. The van der Waals surface area contributed by atoms with Gasteiger partial charge in [-0.25, -0.2) is 4.98 Å². The Balaban J connectivity index is 1.60. The number of ether oxygens (including phenoxy) is 2. The van der Waals surface area contributed by atoms with Crippen LogP contribution in [0.15, 0.2) is 48.5 Å². The van der Waals surface area contributed by atoms with Crippen molar-refractivity contribution in [3.05, 3.63) is 54.4 Å². The van der Waals surface area contributed by atoms with E-state index in [4.69, 9.17) is 9.47 Å². The van der Waals surface area contributed by atoms with E-state index in [1.54, 1.807) is 0 Å². The number of hydrogen-bond acceptors (Lipinski definition) is 4. The molecule has 0 spiro atoms. The Labute approximate surface area is 141 Å². The van der Waals surface area contributed by atoms with Crippen molar-refractivity contribution < 1.29 is 14.6 Å². The lowest BCUT2D eigenvalue weighted by atomic mass is 10.3. The normalized spacial score (nSPS) is 12.3. The van der Waals surface area contributed by atoms with Gasteiger partial charge in [0.1, 0.15) is 30.0 Å². The predicted octanol–water partition coefficient (Wildman–Crippen LogP) is 3.18. The fraction of sp³-hybridized carbons (Fsp3) is 0.316. The van der Waals surface area contributed by atoms with E-state index >= 15 is 0 Å². The third kappa shape index (κ3) is 3.68. The molecule has 126 valence electrons. The molecule has 1 aromatic heterocycles. The Morgan fingerprint density at radius 1 is 1.04 bits per heavy atom. The molecule has 1 N–H and O–H groups in total. The number of imidazole rings is 1. The molecule has 0 saturated heterocycles. The van der Waals surface area contributed by atoms with E-state index in [1.807, 2.05) is 66.9 Å². The van der Waals surface area contributed by atoms with Gasteiger partial charge in [0.15, 0.2) is 0 Å². The first kappa shape index (κ1) is 16.3. The molecule has 1 heterocycles. The first-order valence-electron chi connectivity index (χ1n) is 8.13. The number of aromatic nitrogens is 2. The first-order chi connectivity index (χ1) is 11.7. The van der Waals surface area contributed by atoms with Crippen LogP contribution in [0.25, 0.3) is 11.0 Å². The molecule has 0 aliphatic carbocycles. The van der Waals surface area contributed by atoms with Crippen molar-refractivity contribution in [2.75, 3.05) is 13.2 Å². The monoisotopic (exact) mass is 326 g/mol. The fourth-order valence-electron chi connectivity index (χ4n) is 2.68. The highest BCUT2D eigenvalue weighted by Crippen LogP contribution is 2.19. The summed E-state index contributed by atoms with van der Waals surface area (Å²) in [6.07, 6.45) is -0.618. The van der Waals surface area contributed by atoms with Gasteiger partial charge in [-0.05, 0) is 50.2 Å². The Morgan fingerprint density at radius 3 is 2.42 bits per heavy atom. The molecule has 1 atom stereocenters. The molecular weight excluding hydrogens is 304 g/mol. The SMILES string of the molecule is CCOc1ccc(OCC(O)Cn2c(C)nc3ccccc32)cc1. The van der Waals surface area contributed by atoms with Crippen molar-refractivity contribution in [2.24, 2.45) is 0 Å². The third-order valence-corrected chi connectivity index (χ3v) is 3.82. The molecule has 1 unspecified atom stereocenters. The second kappa shape index (κ2) is 7.36. The Kier molecular flexibility index (Phi) is 5.01. The average Bonchev–Trinajstić information content (AvgIpc) is 2.90. The van der Waals surface area contributed by atoms with Crippen molar-refractivity contribution in [1.82, 2.24) is 9.55 Å². The van der Waals surface area contributed by atoms with Gasteiger partial charge in [-0.1, -0.05) is 12.1 Å². The van der Waals surface area contributed by atoms with E-state index in [2.05, 4.69) is 4.98 Å². The number of rotatable bonds is 7. The third-order valence-electron chi connectivity index (χ3n) is 3.82. The summed E-state index contributed by atoms with van der Waals surface area (Å²) < 4.78 is 13.1. The maximum Gasteiger partial charge on any atom is 0.119 e. The van der Waals surface area contributed by atoms with E-state index in [0.717, 1.165) is 22.6 Å². The van der Waals surface area contributed by atoms with Crippen LogP contribution >= 0.6 is 0 Å². The van der Waals surface area contributed by atoms with Gasteiger partial charge >= 0.3 is 0 Å². The molecule has 3 rings (SSSR count). The van der Waals surface area contributed by atoms with Gasteiger partial charge in [0, 0.05) is 0 Å². The number of aryl methyl sites for hydroxylation is 1. The zero-order valence-electron chi connectivity index (χ0n) is 14.0. The molecule has 0 fully saturated rings. The van der Waals surface area contributed by atoms with Crippen LogP contribution in [0.5, 0.6) is 11.5 Å². The summed E-state index contributed by atoms with van der Waals surface area (Å²) in [6, 6.07) is 15.3. The molecule has 0 aliphatic heterocycles. The highest BCUT2D eigenvalue weighted by Gasteiger charge is 2.12. The molecule has 0 radical (unpaired) electrons. The summed E-state index contributed by atoms with van der Waals surface area (Å²) in [6.45, 7) is 5.20. The van der Waals surface area contributed by atoms with Crippen LogP contribution < -0.4 is 9.47 Å². The minimum atomic E-state index is -0.618. The van der Waals surface area contributed by atoms with E-state index in [0.29, 0.717) is 18.9 Å². The van der Waals surface area contributed by atoms with E-state index in [1.165, 1.54) is 0 Å². The summed E-state index contributed by atoms with van der Waals surface area (Å²) in [4.78, 5) is 4.51. The lowest BCUT2D eigenvalue weighted by Crippen LogP contribution is -2.24. The average molecular weight is 326 g/mol. The smallest absolute Gasteiger partial charge is 0.119 e. The zero-order chi connectivity index (χ0) is 16.9. The highest BCUT2D eigenvalue weighted by atomic mass is 16.5. The maximum atomic E-state index is 10.3. The molecule has 2 aromatic carbocycles. The summed E-state index contributed by atoms with van der Waals surface area (Å²) in [5, 5.41) is 10.3. The molecular formula is C19H22N2O3. The fourth-order valence-corrected chi connectivity index (χ4v) is 2.68. The number of aliphatic hydroxyl groups excluding tert-OH is 1. The number of hydrogen-bond donors (Lipinski definition) is 1. The van der Waals surface area contributed by atoms with Crippen LogP contribution in [0.4, 0.5) is 0 Å². The Morgan fingerprint density at radius 2 is 1.71 bits per heavy atom. The van der Waals surface area contributed by atoms with Gasteiger partial charge in [-0.3, -0.25) is 0 Å². The van der Waals surface area contributed by atoms with Crippen LogP contribution in [0.2, 0.25) is 0 Å². The molecule has 5 nitrogen and oxygen atoms in total. The standard InChI is InChI=1S/C19H22N2O3/c1-3-23-16-8-10-17(11-9-16)24-13-15(22)12-21-14(2)20-18-6-4-5-7-19(18)21/h4-11,15,22H,3,12-13H2,1-2H3. The maximum absolute atomic E-state index is 10.3. The Hall–Kier alpha value is -2.53. The number of benzene rings is 2. The lowest BCUT2D eigenvalue weighted by Gasteiger charge is -2.15. The molecule has 3 aromatic rings. The van der Waals surface area contributed by atoms with Crippen LogP contribution in [0.1, 0.15) is 12.7 Å². The minimum Gasteiger partial charge on any atom is -0.494 e. The Bertz CT molecular complexity index is 796. The predicted molar refractivity (Wildman–Crippen MR) is 93.6 cm³/mol. The van der Waals surface area contributed by atoms with Crippen LogP contribution in [0, 0.1) is 6.92 Å². The van der Waals surface area contributed by atoms with Gasteiger partial charge in [0.05, 0.1) is 24.2 Å². The van der Waals surface area contributed by atoms with Crippen molar-refractivity contribution in [1.29, 1.82) is 0 Å². The summed E-state index contributed by atoms with van der Waals surface area (Å²) in [5.74, 6) is 2.41. The summed E-state index contributed by atoms with van der Waals surface area (Å²) >= 11 is 0. The van der Waals surface area contributed by atoms with Crippen LogP contribution in [0.3, 0.4) is 0 Å². The van der Waals surface area contributed by atoms with Crippen molar-refractivity contribution in [3.8, 4) is 11.5 Å². The van der Waals surface area contributed by atoms with Crippen molar-refractivity contribution >= 4 is 11.0 Å². The minimum absolute atomic E-state index is 0.222. The van der Waals surface area contributed by atoms with Crippen LogP contribution in [-0.4, -0.2) is 34.0 Å². The molecule has 0 aliphatic rings. The molecule has 24 heavy (non-hydrogen) atoms. The van der Waals surface area contributed by atoms with Crippen molar-refractivity contribution in [3.63, 3.8) is 0 Å². The van der Waals surface area contributed by atoms with E-state index in [9.17, 15) is 5.11 Å². The van der Waals surface area contributed by atoms with Gasteiger partial charge in [0.2, 0.25) is 0 Å². The van der Waals surface area contributed by atoms with Gasteiger partial charge < -0.3 is 19.1 Å². The number of fused-ring (bicyclic) bond motifs is 1. The van der Waals surface area contributed by atoms with Gasteiger partial charge in [-0.2, -0.15) is 0 Å². The van der Waals surface area contributed by atoms with Gasteiger partial charge in [0.25, 0.3) is 0 Å². The molecule has 5 heteroatoms.